The van der Waals surface area contributed by atoms with E-state index in [1.165, 1.54) is 38.2 Å². The maximum atomic E-state index is 13.8. The molecule has 3 nitrogen and oxygen atoms in total. The minimum absolute atomic E-state index is 0.124. The van der Waals surface area contributed by atoms with E-state index in [0.717, 1.165) is 24.2 Å². The van der Waals surface area contributed by atoms with E-state index in [1.807, 2.05) is 0 Å². The number of fused-ring (bicyclic) bond motifs is 2. The molecule has 1 aromatic carbocycles. The summed E-state index contributed by atoms with van der Waals surface area (Å²) in [5.41, 5.74) is 0.675. The molecule has 0 bridgehead atoms. The molecule has 2 aliphatic rings. The highest BCUT2D eigenvalue weighted by Crippen LogP contribution is 2.36. The van der Waals surface area contributed by atoms with E-state index < -0.39 is 11.6 Å². The Morgan fingerprint density at radius 1 is 1.05 bits per heavy atom. The van der Waals surface area contributed by atoms with Gasteiger partial charge in [-0.15, -0.1) is 0 Å². The molecule has 4 rings (SSSR count). The van der Waals surface area contributed by atoms with E-state index in [9.17, 15) is 8.78 Å². The van der Waals surface area contributed by atoms with Crippen LogP contribution in [0.5, 0.6) is 0 Å². The summed E-state index contributed by atoms with van der Waals surface area (Å²) in [4.78, 5) is 7.44. The van der Waals surface area contributed by atoms with Crippen LogP contribution in [0.2, 0.25) is 0 Å². The minimum Gasteiger partial charge on any atom is -0.340 e. The summed E-state index contributed by atoms with van der Waals surface area (Å²) in [6, 6.07) is 2.87. The van der Waals surface area contributed by atoms with Crippen LogP contribution in [-0.4, -0.2) is 16.0 Å². The molecule has 2 N–H and O–H groups in total. The second-order valence-corrected chi connectivity index (χ2v) is 6.35. The Hall–Kier alpha value is -1.49. The van der Waals surface area contributed by atoms with Crippen LogP contribution in [0.1, 0.15) is 50.4 Å². The molecular weight excluding hydrogens is 272 g/mol. The molecule has 2 fully saturated rings. The van der Waals surface area contributed by atoms with Crippen molar-refractivity contribution in [1.29, 1.82) is 0 Å². The quantitative estimate of drug-likeness (QED) is 0.838. The van der Waals surface area contributed by atoms with Crippen molar-refractivity contribution in [2.45, 2.75) is 50.6 Å². The van der Waals surface area contributed by atoms with Gasteiger partial charge in [0.05, 0.1) is 11.6 Å². The summed E-state index contributed by atoms with van der Waals surface area (Å²) in [7, 11) is 0. The molecule has 0 amide bonds. The summed E-state index contributed by atoms with van der Waals surface area (Å²) >= 11 is 0. The first-order valence-electron chi connectivity index (χ1n) is 7.81. The van der Waals surface area contributed by atoms with Gasteiger partial charge in [0.1, 0.15) is 17.2 Å². The number of rotatable bonds is 1. The average Bonchev–Trinajstić information content (AvgIpc) is 2.91. The molecule has 1 aliphatic carbocycles. The number of aromatic amines is 1. The lowest BCUT2D eigenvalue weighted by Gasteiger charge is -2.39. The van der Waals surface area contributed by atoms with Crippen LogP contribution in [0.25, 0.3) is 11.0 Å². The predicted octanol–water partition coefficient (Wildman–Crippen LogP) is 3.82. The highest BCUT2D eigenvalue weighted by atomic mass is 19.1. The zero-order valence-corrected chi connectivity index (χ0v) is 11.8. The lowest BCUT2D eigenvalue weighted by Crippen LogP contribution is -2.45. The number of piperidine rings is 1. The van der Waals surface area contributed by atoms with E-state index >= 15 is 0 Å². The fraction of sp³-hybridized carbons (Fsp3) is 0.562. The largest absolute Gasteiger partial charge is 0.340 e. The molecule has 0 spiro atoms. The van der Waals surface area contributed by atoms with Gasteiger partial charge in [0.25, 0.3) is 0 Å². The maximum absolute atomic E-state index is 13.8. The Morgan fingerprint density at radius 3 is 2.81 bits per heavy atom. The molecule has 3 unspecified atom stereocenters. The van der Waals surface area contributed by atoms with Gasteiger partial charge in [0.2, 0.25) is 0 Å². The van der Waals surface area contributed by atoms with Gasteiger partial charge in [-0.1, -0.05) is 12.8 Å². The van der Waals surface area contributed by atoms with Crippen molar-refractivity contribution >= 4 is 11.0 Å². The summed E-state index contributed by atoms with van der Waals surface area (Å²) in [6.45, 7) is 0. The van der Waals surface area contributed by atoms with E-state index in [-0.39, 0.29) is 11.6 Å². The highest BCUT2D eigenvalue weighted by molar-refractivity contribution is 5.75. The summed E-state index contributed by atoms with van der Waals surface area (Å²) in [5.74, 6) is 0.338. The van der Waals surface area contributed by atoms with Crippen LogP contribution in [-0.2, 0) is 0 Å². The lowest BCUT2D eigenvalue weighted by molar-refractivity contribution is 0.174. The highest BCUT2D eigenvalue weighted by Gasteiger charge is 2.33. The Balaban J connectivity index is 1.63. The van der Waals surface area contributed by atoms with Gasteiger partial charge in [0, 0.05) is 12.1 Å². The first-order chi connectivity index (χ1) is 10.2. The van der Waals surface area contributed by atoms with Crippen LogP contribution in [0.15, 0.2) is 12.1 Å². The Labute approximate surface area is 122 Å². The summed E-state index contributed by atoms with van der Waals surface area (Å²) in [6.07, 6.45) is 7.33. The number of aromatic nitrogens is 2. The first kappa shape index (κ1) is 13.2. The zero-order chi connectivity index (χ0) is 14.4. The lowest BCUT2D eigenvalue weighted by atomic mass is 9.77. The SMILES string of the molecule is Fc1cc(F)c2nc(C3CCC4CCCCC4N3)[nH]c2c1. The monoisotopic (exact) mass is 291 g/mol. The number of hydrogen-bond acceptors (Lipinski definition) is 2. The summed E-state index contributed by atoms with van der Waals surface area (Å²) in [5, 5.41) is 3.66. The number of benzene rings is 1. The van der Waals surface area contributed by atoms with Crippen molar-refractivity contribution in [2.24, 2.45) is 5.92 Å². The van der Waals surface area contributed by atoms with Gasteiger partial charge in [0.15, 0.2) is 5.82 Å². The molecule has 21 heavy (non-hydrogen) atoms. The third-order valence-corrected chi connectivity index (χ3v) is 5.00. The fourth-order valence-corrected chi connectivity index (χ4v) is 3.94. The molecule has 2 heterocycles. The molecular formula is C16H19F2N3. The maximum Gasteiger partial charge on any atom is 0.153 e. The minimum atomic E-state index is -0.598. The molecule has 1 saturated heterocycles. The molecule has 5 heteroatoms. The van der Waals surface area contributed by atoms with Crippen molar-refractivity contribution in [3.63, 3.8) is 0 Å². The third kappa shape index (κ3) is 2.33. The number of halogens is 2. The molecule has 1 aromatic heterocycles. The molecule has 3 atom stereocenters. The number of hydrogen-bond donors (Lipinski definition) is 2. The number of nitrogens with zero attached hydrogens (tertiary/aromatic N) is 1. The summed E-state index contributed by atoms with van der Waals surface area (Å²) < 4.78 is 27.0. The number of H-pyrrole nitrogens is 1. The second kappa shape index (κ2) is 5.05. The fourth-order valence-electron chi connectivity index (χ4n) is 3.94. The zero-order valence-electron chi connectivity index (χ0n) is 11.8. The van der Waals surface area contributed by atoms with E-state index in [0.29, 0.717) is 11.6 Å². The van der Waals surface area contributed by atoms with Crippen molar-refractivity contribution in [2.75, 3.05) is 0 Å². The number of nitrogens with one attached hydrogen (secondary N) is 2. The molecule has 2 aromatic rings. The second-order valence-electron chi connectivity index (χ2n) is 6.35. The number of imidazole rings is 1. The molecule has 112 valence electrons. The van der Waals surface area contributed by atoms with Gasteiger partial charge < -0.3 is 10.3 Å². The topological polar surface area (TPSA) is 40.7 Å². The van der Waals surface area contributed by atoms with Crippen LogP contribution in [0.3, 0.4) is 0 Å². The average molecular weight is 291 g/mol. The Kier molecular flexibility index (Phi) is 3.17. The van der Waals surface area contributed by atoms with Crippen LogP contribution < -0.4 is 5.32 Å². The van der Waals surface area contributed by atoms with Gasteiger partial charge in [-0.3, -0.25) is 0 Å². The van der Waals surface area contributed by atoms with Gasteiger partial charge >= 0.3 is 0 Å². The van der Waals surface area contributed by atoms with Crippen LogP contribution >= 0.6 is 0 Å². The molecule has 1 saturated carbocycles. The predicted molar refractivity (Wildman–Crippen MR) is 76.9 cm³/mol. The van der Waals surface area contributed by atoms with Crippen molar-refractivity contribution in [1.82, 2.24) is 15.3 Å². The van der Waals surface area contributed by atoms with Crippen molar-refractivity contribution in [3.8, 4) is 0 Å². The first-order valence-corrected chi connectivity index (χ1v) is 7.81. The Bertz CT molecular complexity index is 667. The van der Waals surface area contributed by atoms with Gasteiger partial charge in [-0.25, -0.2) is 13.8 Å². The molecule has 1 aliphatic heterocycles. The van der Waals surface area contributed by atoms with Crippen LogP contribution in [0, 0.1) is 17.6 Å². The molecule has 0 radical (unpaired) electrons. The standard InChI is InChI=1S/C16H19F2N3/c17-10-7-11(18)15-14(8-10)20-16(21-15)13-6-5-9-3-1-2-4-12(9)19-13/h7-9,12-13,19H,1-6H2,(H,20,21). The van der Waals surface area contributed by atoms with Gasteiger partial charge in [-0.2, -0.15) is 0 Å². The van der Waals surface area contributed by atoms with E-state index in [1.54, 1.807) is 0 Å². The Morgan fingerprint density at radius 2 is 1.90 bits per heavy atom. The van der Waals surface area contributed by atoms with Crippen molar-refractivity contribution in [3.05, 3.63) is 29.6 Å². The normalized spacial score (nSPS) is 29.5. The van der Waals surface area contributed by atoms with Crippen LogP contribution in [0.4, 0.5) is 8.78 Å². The van der Waals surface area contributed by atoms with E-state index in [2.05, 4.69) is 15.3 Å². The third-order valence-electron chi connectivity index (χ3n) is 5.00. The van der Waals surface area contributed by atoms with E-state index in [4.69, 9.17) is 0 Å². The van der Waals surface area contributed by atoms with Crippen molar-refractivity contribution < 1.29 is 8.78 Å². The van der Waals surface area contributed by atoms with Gasteiger partial charge in [-0.05, 0) is 37.7 Å². The smallest absolute Gasteiger partial charge is 0.153 e.